The summed E-state index contributed by atoms with van der Waals surface area (Å²) in [5, 5.41) is 7.35. The molecule has 1 fully saturated rings. The number of nitrogens with one attached hydrogen (secondary N) is 1. The second-order valence-corrected chi connectivity index (χ2v) is 7.83. The van der Waals surface area contributed by atoms with E-state index in [0.717, 1.165) is 44.0 Å². The third-order valence-corrected chi connectivity index (χ3v) is 5.53. The van der Waals surface area contributed by atoms with Crippen LogP contribution in [-0.4, -0.2) is 85.7 Å². The number of ether oxygens (including phenoxy) is 1. The van der Waals surface area contributed by atoms with E-state index in [-0.39, 0.29) is 11.8 Å². The molecule has 0 atom stereocenters. The van der Waals surface area contributed by atoms with Crippen LogP contribution in [0.25, 0.3) is 16.9 Å². The van der Waals surface area contributed by atoms with E-state index >= 15 is 0 Å². The highest BCUT2D eigenvalue weighted by atomic mass is 19.1. The number of pyridine rings is 1. The number of hydrogen-bond acceptors (Lipinski definition) is 9. The number of aromatic nitrogens is 6. The van der Waals surface area contributed by atoms with Crippen LogP contribution in [0, 0.1) is 5.82 Å². The molecule has 11 heteroatoms. The maximum absolute atomic E-state index is 13.8. The van der Waals surface area contributed by atoms with Crippen LogP contribution in [0.2, 0.25) is 0 Å². The van der Waals surface area contributed by atoms with Gasteiger partial charge in [-0.15, -0.1) is 5.10 Å². The van der Waals surface area contributed by atoms with Crippen molar-refractivity contribution < 1.29 is 9.13 Å². The molecule has 0 amide bonds. The molecule has 10 nitrogen and oxygen atoms in total. The standard InChI is InChI=1S/C22H24FN9O/c1-30-7-9-31(10-8-30)11-12-33-20-5-4-19-25-15-18(32(19)29-20)16-13-26-22(27-14-16)28-21-17(23)3-2-6-24-21/h2-6,13-15H,7-12H2,1H3,(H,24,26,27,28). The zero-order chi connectivity index (χ0) is 22.6. The van der Waals surface area contributed by atoms with Crippen molar-refractivity contribution in [2.75, 3.05) is 51.7 Å². The Morgan fingerprint density at radius 2 is 1.82 bits per heavy atom. The monoisotopic (exact) mass is 449 g/mol. The number of piperazine rings is 1. The van der Waals surface area contributed by atoms with Gasteiger partial charge in [0.15, 0.2) is 17.3 Å². The van der Waals surface area contributed by atoms with Gasteiger partial charge < -0.3 is 15.0 Å². The maximum atomic E-state index is 13.8. The number of hydrogen-bond donors (Lipinski definition) is 1. The summed E-state index contributed by atoms with van der Waals surface area (Å²) in [4.78, 5) is 21.6. The molecule has 0 bridgehead atoms. The van der Waals surface area contributed by atoms with E-state index in [2.05, 4.69) is 47.2 Å². The first-order chi connectivity index (χ1) is 16.2. The first kappa shape index (κ1) is 21.2. The van der Waals surface area contributed by atoms with Crippen molar-refractivity contribution >= 4 is 17.4 Å². The molecular formula is C22H24FN9O. The lowest BCUT2D eigenvalue weighted by molar-refractivity contribution is 0.132. The Kier molecular flexibility index (Phi) is 6.05. The number of fused-ring (bicyclic) bond motifs is 1. The number of imidazole rings is 1. The summed E-state index contributed by atoms with van der Waals surface area (Å²) < 4.78 is 21.4. The fraction of sp³-hybridized carbons (Fsp3) is 0.318. The third-order valence-electron chi connectivity index (χ3n) is 5.53. The Balaban J connectivity index is 1.27. The number of nitrogens with zero attached hydrogens (tertiary/aromatic N) is 8. The SMILES string of the molecule is CN1CCN(CCOc2ccc3ncc(-c4cnc(Nc5ncccc5F)nc4)n3n2)CC1. The molecule has 4 aromatic rings. The van der Waals surface area contributed by atoms with Crippen LogP contribution in [0.15, 0.2) is 49.1 Å². The number of rotatable bonds is 7. The minimum Gasteiger partial charge on any atom is -0.475 e. The molecular weight excluding hydrogens is 425 g/mol. The molecule has 170 valence electrons. The van der Waals surface area contributed by atoms with E-state index in [9.17, 15) is 4.39 Å². The van der Waals surface area contributed by atoms with Crippen molar-refractivity contribution in [1.29, 1.82) is 0 Å². The summed E-state index contributed by atoms with van der Waals surface area (Å²) in [5.74, 6) is 0.364. The molecule has 1 aliphatic rings. The largest absolute Gasteiger partial charge is 0.475 e. The molecule has 1 N–H and O–H groups in total. The van der Waals surface area contributed by atoms with E-state index in [1.165, 1.54) is 18.3 Å². The predicted molar refractivity (Wildman–Crippen MR) is 121 cm³/mol. The van der Waals surface area contributed by atoms with Gasteiger partial charge in [-0.25, -0.2) is 28.8 Å². The van der Waals surface area contributed by atoms with E-state index in [1.807, 2.05) is 12.1 Å². The van der Waals surface area contributed by atoms with Gasteiger partial charge in [-0.3, -0.25) is 4.90 Å². The number of halogens is 1. The molecule has 0 unspecified atom stereocenters. The van der Waals surface area contributed by atoms with E-state index in [1.54, 1.807) is 23.1 Å². The molecule has 0 saturated carbocycles. The second kappa shape index (κ2) is 9.43. The van der Waals surface area contributed by atoms with Gasteiger partial charge in [0.1, 0.15) is 6.61 Å². The fourth-order valence-electron chi connectivity index (χ4n) is 3.59. The van der Waals surface area contributed by atoms with E-state index in [0.29, 0.717) is 18.1 Å². The highest BCUT2D eigenvalue weighted by Gasteiger charge is 2.14. The maximum Gasteiger partial charge on any atom is 0.231 e. The van der Waals surface area contributed by atoms with E-state index in [4.69, 9.17) is 4.74 Å². The van der Waals surface area contributed by atoms with Crippen molar-refractivity contribution in [3.05, 3.63) is 54.9 Å². The molecule has 4 aromatic heterocycles. The summed E-state index contributed by atoms with van der Waals surface area (Å²) >= 11 is 0. The lowest BCUT2D eigenvalue weighted by Gasteiger charge is -2.32. The van der Waals surface area contributed by atoms with Gasteiger partial charge in [0.2, 0.25) is 11.8 Å². The van der Waals surface area contributed by atoms with Crippen molar-refractivity contribution in [2.45, 2.75) is 0 Å². The first-order valence-corrected chi connectivity index (χ1v) is 10.7. The summed E-state index contributed by atoms with van der Waals surface area (Å²) in [6, 6.07) is 6.52. The fourth-order valence-corrected chi connectivity index (χ4v) is 3.59. The van der Waals surface area contributed by atoms with Crippen LogP contribution in [0.5, 0.6) is 5.88 Å². The smallest absolute Gasteiger partial charge is 0.231 e. The van der Waals surface area contributed by atoms with Gasteiger partial charge in [0.25, 0.3) is 0 Å². The summed E-state index contributed by atoms with van der Waals surface area (Å²) in [6.07, 6.45) is 6.46. The van der Waals surface area contributed by atoms with Crippen LogP contribution in [-0.2, 0) is 0 Å². The molecule has 5 rings (SSSR count). The highest BCUT2D eigenvalue weighted by Crippen LogP contribution is 2.21. The van der Waals surface area contributed by atoms with Crippen LogP contribution >= 0.6 is 0 Å². The zero-order valence-electron chi connectivity index (χ0n) is 18.2. The van der Waals surface area contributed by atoms with Gasteiger partial charge >= 0.3 is 0 Å². The Morgan fingerprint density at radius 1 is 1.00 bits per heavy atom. The van der Waals surface area contributed by atoms with Crippen LogP contribution < -0.4 is 10.1 Å². The third kappa shape index (κ3) is 4.89. The molecule has 33 heavy (non-hydrogen) atoms. The average molecular weight is 449 g/mol. The van der Waals surface area contributed by atoms with Crippen molar-refractivity contribution in [1.82, 2.24) is 39.3 Å². The minimum absolute atomic E-state index is 0.0695. The topological polar surface area (TPSA) is 96.6 Å². The van der Waals surface area contributed by atoms with Gasteiger partial charge in [0.05, 0.1) is 11.9 Å². The van der Waals surface area contributed by atoms with Gasteiger partial charge in [-0.1, -0.05) is 0 Å². The van der Waals surface area contributed by atoms with Crippen LogP contribution in [0.4, 0.5) is 16.2 Å². The molecule has 0 aromatic carbocycles. The lowest BCUT2D eigenvalue weighted by atomic mass is 10.3. The van der Waals surface area contributed by atoms with Crippen molar-refractivity contribution in [2.24, 2.45) is 0 Å². The summed E-state index contributed by atoms with van der Waals surface area (Å²) in [5.41, 5.74) is 2.14. The molecule has 5 heterocycles. The molecule has 0 aliphatic carbocycles. The predicted octanol–water partition coefficient (Wildman–Crippen LogP) is 2.09. The second-order valence-electron chi connectivity index (χ2n) is 7.83. The van der Waals surface area contributed by atoms with Gasteiger partial charge in [0, 0.05) is 62.9 Å². The van der Waals surface area contributed by atoms with E-state index < -0.39 is 5.82 Å². The zero-order valence-corrected chi connectivity index (χ0v) is 18.2. The van der Waals surface area contributed by atoms with Gasteiger partial charge in [-0.2, -0.15) is 0 Å². The Bertz CT molecular complexity index is 1220. The number of anilines is 2. The minimum atomic E-state index is -0.476. The summed E-state index contributed by atoms with van der Waals surface area (Å²) in [7, 11) is 2.14. The Morgan fingerprint density at radius 3 is 2.61 bits per heavy atom. The summed E-state index contributed by atoms with van der Waals surface area (Å²) in [6.45, 7) is 5.69. The van der Waals surface area contributed by atoms with Crippen LogP contribution in [0.1, 0.15) is 0 Å². The highest BCUT2D eigenvalue weighted by molar-refractivity contribution is 5.62. The lowest BCUT2D eigenvalue weighted by Crippen LogP contribution is -2.45. The quantitative estimate of drug-likeness (QED) is 0.455. The van der Waals surface area contributed by atoms with Crippen molar-refractivity contribution in [3.8, 4) is 17.1 Å². The van der Waals surface area contributed by atoms with Gasteiger partial charge in [-0.05, 0) is 25.2 Å². The Hall–Kier alpha value is -3.70. The average Bonchev–Trinajstić information content (AvgIpc) is 3.26. The normalized spacial score (nSPS) is 15.1. The molecule has 0 radical (unpaired) electrons. The molecule has 1 saturated heterocycles. The number of likely N-dealkylation sites (N-methyl/N-ethyl adjacent to an activating group) is 1. The molecule has 1 aliphatic heterocycles. The first-order valence-electron chi connectivity index (χ1n) is 10.7. The molecule has 0 spiro atoms. The van der Waals surface area contributed by atoms with Crippen molar-refractivity contribution in [3.63, 3.8) is 0 Å². The van der Waals surface area contributed by atoms with Crippen LogP contribution in [0.3, 0.4) is 0 Å². The Labute approximate surface area is 190 Å².